The van der Waals surface area contributed by atoms with Gasteiger partial charge in [0.25, 0.3) is 0 Å². The van der Waals surface area contributed by atoms with Gasteiger partial charge in [0.1, 0.15) is 5.82 Å². The van der Waals surface area contributed by atoms with E-state index in [0.717, 1.165) is 5.69 Å². The standard InChI is InChI=1S/C15H13ClFNO2/c1-20-15(19)10-3-6-13(7-4-10)18-9-11-2-5-12(16)8-14(11)17/h2-8,18H,9H2,1H3. The van der Waals surface area contributed by atoms with Crippen LogP contribution in [0.1, 0.15) is 15.9 Å². The minimum absolute atomic E-state index is 0.334. The molecule has 2 rings (SSSR count). The Morgan fingerprint density at radius 2 is 1.95 bits per heavy atom. The van der Waals surface area contributed by atoms with E-state index in [-0.39, 0.29) is 11.8 Å². The van der Waals surface area contributed by atoms with Gasteiger partial charge in [0, 0.05) is 22.8 Å². The first-order valence-corrected chi connectivity index (χ1v) is 6.34. The van der Waals surface area contributed by atoms with Crippen LogP contribution >= 0.6 is 11.6 Å². The van der Waals surface area contributed by atoms with E-state index in [1.807, 2.05) is 0 Å². The van der Waals surface area contributed by atoms with E-state index in [9.17, 15) is 9.18 Å². The van der Waals surface area contributed by atoms with Gasteiger partial charge < -0.3 is 10.1 Å². The zero-order valence-electron chi connectivity index (χ0n) is 10.8. The normalized spacial score (nSPS) is 10.2. The van der Waals surface area contributed by atoms with E-state index in [4.69, 9.17) is 11.6 Å². The average Bonchev–Trinajstić information content (AvgIpc) is 2.46. The first-order valence-electron chi connectivity index (χ1n) is 5.96. The molecule has 2 aromatic carbocycles. The number of rotatable bonds is 4. The van der Waals surface area contributed by atoms with Crippen molar-refractivity contribution in [1.29, 1.82) is 0 Å². The molecule has 1 N–H and O–H groups in total. The number of ether oxygens (including phenoxy) is 1. The number of hydrogen-bond donors (Lipinski definition) is 1. The maximum atomic E-state index is 13.6. The van der Waals surface area contributed by atoms with E-state index in [1.54, 1.807) is 36.4 Å². The quantitative estimate of drug-likeness (QED) is 0.870. The number of hydrogen-bond acceptors (Lipinski definition) is 3. The number of halogens is 2. The van der Waals surface area contributed by atoms with Crippen LogP contribution in [0.15, 0.2) is 42.5 Å². The summed E-state index contributed by atoms with van der Waals surface area (Å²) in [7, 11) is 1.33. The van der Waals surface area contributed by atoms with Gasteiger partial charge in [-0.15, -0.1) is 0 Å². The molecule has 0 aliphatic rings. The van der Waals surface area contributed by atoms with Crippen molar-refractivity contribution in [2.45, 2.75) is 6.54 Å². The van der Waals surface area contributed by atoms with Gasteiger partial charge in [0.2, 0.25) is 0 Å². The Hall–Kier alpha value is -2.07. The molecule has 0 aromatic heterocycles. The fraction of sp³-hybridized carbons (Fsp3) is 0.133. The molecule has 104 valence electrons. The van der Waals surface area contributed by atoms with Crippen LogP contribution in [0.2, 0.25) is 5.02 Å². The van der Waals surface area contributed by atoms with Gasteiger partial charge in [-0.2, -0.15) is 0 Å². The Bertz CT molecular complexity index is 614. The Kier molecular flexibility index (Phi) is 4.58. The molecule has 20 heavy (non-hydrogen) atoms. The zero-order valence-corrected chi connectivity index (χ0v) is 11.6. The van der Waals surface area contributed by atoms with Crippen LogP contribution in [0.25, 0.3) is 0 Å². The van der Waals surface area contributed by atoms with E-state index in [2.05, 4.69) is 10.1 Å². The predicted octanol–water partition coefficient (Wildman–Crippen LogP) is 3.88. The molecular weight excluding hydrogens is 281 g/mol. The lowest BCUT2D eigenvalue weighted by molar-refractivity contribution is 0.0601. The third-order valence-electron chi connectivity index (χ3n) is 2.80. The van der Waals surface area contributed by atoms with Crippen LogP contribution in [-0.4, -0.2) is 13.1 Å². The third-order valence-corrected chi connectivity index (χ3v) is 3.04. The molecule has 0 saturated heterocycles. The summed E-state index contributed by atoms with van der Waals surface area (Å²) in [6, 6.07) is 11.3. The fourth-order valence-corrected chi connectivity index (χ4v) is 1.86. The second kappa shape index (κ2) is 6.39. The molecule has 0 fully saturated rings. The molecule has 0 aliphatic heterocycles. The summed E-state index contributed by atoms with van der Waals surface area (Å²) in [5.74, 6) is -0.739. The number of esters is 1. The summed E-state index contributed by atoms with van der Waals surface area (Å²) < 4.78 is 18.2. The Labute approximate surface area is 121 Å². The minimum Gasteiger partial charge on any atom is -0.465 e. The van der Waals surface area contributed by atoms with Crippen molar-refractivity contribution in [3.05, 3.63) is 64.4 Å². The van der Waals surface area contributed by atoms with E-state index in [1.165, 1.54) is 13.2 Å². The zero-order chi connectivity index (χ0) is 14.5. The summed E-state index contributed by atoms with van der Waals surface area (Å²) in [6.07, 6.45) is 0. The molecule has 0 spiro atoms. The summed E-state index contributed by atoms with van der Waals surface area (Å²) >= 11 is 5.69. The number of methoxy groups -OCH3 is 1. The molecule has 0 heterocycles. The van der Waals surface area contributed by atoms with Crippen LogP contribution in [-0.2, 0) is 11.3 Å². The molecule has 0 bridgehead atoms. The maximum Gasteiger partial charge on any atom is 0.337 e. The number of benzene rings is 2. The van der Waals surface area contributed by atoms with E-state index >= 15 is 0 Å². The molecule has 0 amide bonds. The molecule has 0 aliphatic carbocycles. The van der Waals surface area contributed by atoms with Gasteiger partial charge in [-0.1, -0.05) is 17.7 Å². The fourth-order valence-electron chi connectivity index (χ4n) is 1.70. The summed E-state index contributed by atoms with van der Waals surface area (Å²) in [4.78, 5) is 11.3. The highest BCUT2D eigenvalue weighted by atomic mass is 35.5. The van der Waals surface area contributed by atoms with Crippen LogP contribution < -0.4 is 5.32 Å². The molecular formula is C15H13ClFNO2. The molecule has 3 nitrogen and oxygen atoms in total. The topological polar surface area (TPSA) is 38.3 Å². The van der Waals surface area contributed by atoms with Crippen molar-refractivity contribution in [2.75, 3.05) is 12.4 Å². The largest absolute Gasteiger partial charge is 0.465 e. The first kappa shape index (κ1) is 14.3. The van der Waals surface area contributed by atoms with Crippen LogP contribution in [0.4, 0.5) is 10.1 Å². The van der Waals surface area contributed by atoms with Gasteiger partial charge >= 0.3 is 5.97 Å². The van der Waals surface area contributed by atoms with Crippen molar-refractivity contribution >= 4 is 23.3 Å². The van der Waals surface area contributed by atoms with Crippen LogP contribution in [0, 0.1) is 5.82 Å². The van der Waals surface area contributed by atoms with Gasteiger partial charge in [-0.25, -0.2) is 9.18 Å². The summed E-state index contributed by atoms with van der Waals surface area (Å²) in [6.45, 7) is 0.334. The highest BCUT2D eigenvalue weighted by Gasteiger charge is 2.05. The lowest BCUT2D eigenvalue weighted by Crippen LogP contribution is -2.03. The number of carbonyl (C=O) groups excluding carboxylic acids is 1. The van der Waals surface area contributed by atoms with Crippen LogP contribution in [0.3, 0.4) is 0 Å². The molecule has 0 unspecified atom stereocenters. The lowest BCUT2D eigenvalue weighted by atomic mass is 10.2. The van der Waals surface area contributed by atoms with Gasteiger partial charge in [-0.05, 0) is 36.4 Å². The Morgan fingerprint density at radius 1 is 1.25 bits per heavy atom. The van der Waals surface area contributed by atoms with Crippen molar-refractivity contribution in [3.8, 4) is 0 Å². The van der Waals surface area contributed by atoms with Crippen molar-refractivity contribution in [2.24, 2.45) is 0 Å². The molecule has 5 heteroatoms. The molecule has 0 saturated carbocycles. The highest BCUT2D eigenvalue weighted by Crippen LogP contribution is 2.17. The third kappa shape index (κ3) is 3.48. The Morgan fingerprint density at radius 3 is 2.55 bits per heavy atom. The van der Waals surface area contributed by atoms with Gasteiger partial charge in [0.15, 0.2) is 0 Å². The number of nitrogens with one attached hydrogen (secondary N) is 1. The maximum absolute atomic E-state index is 13.6. The average molecular weight is 294 g/mol. The summed E-state index contributed by atoms with van der Waals surface area (Å²) in [5.41, 5.74) is 1.77. The predicted molar refractivity (Wildman–Crippen MR) is 76.5 cm³/mol. The van der Waals surface area contributed by atoms with Crippen molar-refractivity contribution in [1.82, 2.24) is 0 Å². The van der Waals surface area contributed by atoms with E-state index < -0.39 is 0 Å². The number of anilines is 1. The molecule has 0 atom stereocenters. The van der Waals surface area contributed by atoms with E-state index in [0.29, 0.717) is 22.7 Å². The number of carbonyl (C=O) groups is 1. The summed E-state index contributed by atoms with van der Waals surface area (Å²) in [5, 5.41) is 3.44. The SMILES string of the molecule is COC(=O)c1ccc(NCc2ccc(Cl)cc2F)cc1. The van der Waals surface area contributed by atoms with Crippen molar-refractivity contribution in [3.63, 3.8) is 0 Å². The van der Waals surface area contributed by atoms with Crippen LogP contribution in [0.5, 0.6) is 0 Å². The first-order chi connectivity index (χ1) is 9.60. The second-order valence-electron chi connectivity index (χ2n) is 4.16. The van der Waals surface area contributed by atoms with Gasteiger partial charge in [0.05, 0.1) is 12.7 Å². The monoisotopic (exact) mass is 293 g/mol. The molecule has 0 radical (unpaired) electrons. The Balaban J connectivity index is 2.02. The highest BCUT2D eigenvalue weighted by molar-refractivity contribution is 6.30. The second-order valence-corrected chi connectivity index (χ2v) is 4.59. The smallest absolute Gasteiger partial charge is 0.337 e. The minimum atomic E-state index is -0.389. The lowest BCUT2D eigenvalue weighted by Gasteiger charge is -2.08. The van der Waals surface area contributed by atoms with Gasteiger partial charge in [-0.3, -0.25) is 0 Å². The molecule has 2 aromatic rings. The van der Waals surface area contributed by atoms with Crippen molar-refractivity contribution < 1.29 is 13.9 Å².